The van der Waals surface area contributed by atoms with Crippen LogP contribution in [0, 0.1) is 18.3 Å². The van der Waals surface area contributed by atoms with Gasteiger partial charge in [-0.25, -0.2) is 5.43 Å². The number of hydrogen-bond donors (Lipinski definition) is 2. The first-order valence-electron chi connectivity index (χ1n) is 8.60. The van der Waals surface area contributed by atoms with Crippen molar-refractivity contribution >= 4 is 23.0 Å². The number of fused-ring (bicyclic) bond motifs is 1. The lowest BCUT2D eigenvalue weighted by Crippen LogP contribution is -1.91. The summed E-state index contributed by atoms with van der Waals surface area (Å²) in [5, 5.41) is 14.5. The molecule has 0 aliphatic carbocycles. The number of methoxy groups -OCH3 is 1. The van der Waals surface area contributed by atoms with Gasteiger partial charge < -0.3 is 14.1 Å². The Morgan fingerprint density at radius 2 is 2.07 bits per heavy atom. The number of hydrogen-bond acceptors (Lipinski definition) is 6. The standard InChI is InChI=1S/C21H17N5O2/c1-13-3-5-14(6-4-13)20-25-19(10-22)21(28-20)26-24-12-15-11-23-18-8-7-16(27-2)9-17(15)18/h3-9,11-12,23,26H,1-2H3/b24-12+. The molecule has 0 bridgehead atoms. The number of anilines is 1. The minimum Gasteiger partial charge on any atom is -0.497 e. The van der Waals surface area contributed by atoms with Gasteiger partial charge in [-0.3, -0.25) is 0 Å². The summed E-state index contributed by atoms with van der Waals surface area (Å²) < 4.78 is 11.0. The predicted molar refractivity (Wildman–Crippen MR) is 107 cm³/mol. The Balaban J connectivity index is 1.58. The van der Waals surface area contributed by atoms with Crippen LogP contribution in [-0.4, -0.2) is 23.3 Å². The maximum absolute atomic E-state index is 9.32. The van der Waals surface area contributed by atoms with Crippen molar-refractivity contribution in [1.29, 1.82) is 5.26 Å². The minimum atomic E-state index is 0.147. The predicted octanol–water partition coefficient (Wildman–Crippen LogP) is 4.46. The van der Waals surface area contributed by atoms with Gasteiger partial charge in [-0.1, -0.05) is 17.7 Å². The van der Waals surface area contributed by atoms with Crippen molar-refractivity contribution < 1.29 is 9.15 Å². The smallest absolute Gasteiger partial charge is 0.252 e. The molecule has 2 aromatic carbocycles. The van der Waals surface area contributed by atoms with Crippen molar-refractivity contribution in [3.8, 4) is 23.3 Å². The summed E-state index contributed by atoms with van der Waals surface area (Å²) in [5.41, 5.74) is 6.69. The molecule has 0 aliphatic heterocycles. The fourth-order valence-electron chi connectivity index (χ4n) is 2.81. The van der Waals surface area contributed by atoms with E-state index in [0.717, 1.165) is 33.3 Å². The number of nitriles is 1. The summed E-state index contributed by atoms with van der Waals surface area (Å²) in [4.78, 5) is 7.41. The van der Waals surface area contributed by atoms with E-state index < -0.39 is 0 Å². The van der Waals surface area contributed by atoms with Crippen LogP contribution in [0.3, 0.4) is 0 Å². The average molecular weight is 371 g/mol. The summed E-state index contributed by atoms with van der Waals surface area (Å²) in [5.74, 6) is 1.33. The number of rotatable bonds is 5. The first-order chi connectivity index (χ1) is 13.7. The lowest BCUT2D eigenvalue weighted by atomic mass is 10.1. The van der Waals surface area contributed by atoms with Crippen LogP contribution in [0.25, 0.3) is 22.4 Å². The summed E-state index contributed by atoms with van der Waals surface area (Å²) in [7, 11) is 1.63. The second-order valence-corrected chi connectivity index (χ2v) is 6.20. The molecule has 0 radical (unpaired) electrons. The van der Waals surface area contributed by atoms with Crippen LogP contribution in [0.1, 0.15) is 16.8 Å². The van der Waals surface area contributed by atoms with Crippen LogP contribution in [0.4, 0.5) is 5.88 Å². The average Bonchev–Trinajstić information content (AvgIpc) is 3.32. The SMILES string of the molecule is COc1ccc2[nH]cc(/C=N/Nc3oc(-c4ccc(C)cc4)nc3C#N)c2c1. The van der Waals surface area contributed by atoms with Gasteiger partial charge in [0.05, 0.1) is 13.3 Å². The molecule has 7 nitrogen and oxygen atoms in total. The van der Waals surface area contributed by atoms with Crippen molar-refractivity contribution in [1.82, 2.24) is 9.97 Å². The molecule has 0 saturated heterocycles. The second-order valence-electron chi connectivity index (χ2n) is 6.20. The quantitative estimate of drug-likeness (QED) is 0.399. The van der Waals surface area contributed by atoms with Crippen LogP contribution >= 0.6 is 0 Å². The zero-order valence-corrected chi connectivity index (χ0v) is 15.4. The Bertz CT molecular complexity index is 1200. The van der Waals surface area contributed by atoms with Gasteiger partial charge in [0.15, 0.2) is 0 Å². The molecule has 0 fully saturated rings. The van der Waals surface area contributed by atoms with E-state index in [1.165, 1.54) is 0 Å². The summed E-state index contributed by atoms with van der Waals surface area (Å²) in [6.45, 7) is 2.00. The normalized spacial score (nSPS) is 11.0. The molecule has 4 rings (SSSR count). The highest BCUT2D eigenvalue weighted by Crippen LogP contribution is 2.26. The third-order valence-corrected chi connectivity index (χ3v) is 4.32. The van der Waals surface area contributed by atoms with Gasteiger partial charge in [0.1, 0.15) is 11.8 Å². The largest absolute Gasteiger partial charge is 0.497 e. The molecular weight excluding hydrogens is 354 g/mol. The van der Waals surface area contributed by atoms with Crippen LogP contribution in [-0.2, 0) is 0 Å². The van der Waals surface area contributed by atoms with Gasteiger partial charge in [-0.2, -0.15) is 15.3 Å². The number of oxazole rings is 1. The van der Waals surface area contributed by atoms with Crippen molar-refractivity contribution in [3.05, 3.63) is 65.5 Å². The van der Waals surface area contributed by atoms with Crippen molar-refractivity contribution in [3.63, 3.8) is 0 Å². The van der Waals surface area contributed by atoms with Crippen LogP contribution in [0.5, 0.6) is 5.75 Å². The van der Waals surface area contributed by atoms with Crippen LogP contribution in [0.15, 0.2) is 58.2 Å². The Morgan fingerprint density at radius 3 is 2.82 bits per heavy atom. The number of hydrazone groups is 1. The number of aromatic amines is 1. The molecule has 0 spiro atoms. The van der Waals surface area contributed by atoms with Gasteiger partial charge in [0.2, 0.25) is 11.6 Å². The molecule has 0 aliphatic rings. The van der Waals surface area contributed by atoms with Crippen LogP contribution < -0.4 is 10.2 Å². The summed E-state index contributed by atoms with van der Waals surface area (Å²) in [6, 6.07) is 15.5. The molecule has 2 N–H and O–H groups in total. The van der Waals surface area contributed by atoms with Crippen molar-refractivity contribution in [2.24, 2.45) is 5.10 Å². The fourth-order valence-corrected chi connectivity index (χ4v) is 2.81. The number of ether oxygens (including phenoxy) is 1. The Kier molecular flexibility index (Phi) is 4.52. The maximum atomic E-state index is 9.32. The van der Waals surface area contributed by atoms with E-state index in [4.69, 9.17) is 9.15 Å². The van der Waals surface area contributed by atoms with Gasteiger partial charge in [-0.05, 0) is 37.3 Å². The monoisotopic (exact) mass is 371 g/mol. The van der Waals surface area contributed by atoms with E-state index in [0.29, 0.717) is 5.89 Å². The maximum Gasteiger partial charge on any atom is 0.252 e. The van der Waals surface area contributed by atoms with E-state index in [-0.39, 0.29) is 11.6 Å². The Labute approximate surface area is 161 Å². The lowest BCUT2D eigenvalue weighted by molar-refractivity contribution is 0.415. The molecule has 7 heteroatoms. The highest BCUT2D eigenvalue weighted by Gasteiger charge is 2.14. The van der Waals surface area contributed by atoms with Gasteiger partial charge in [0, 0.05) is 28.2 Å². The number of nitrogens with zero attached hydrogens (tertiary/aromatic N) is 3. The Morgan fingerprint density at radius 1 is 1.25 bits per heavy atom. The second kappa shape index (κ2) is 7.29. The number of nitrogens with one attached hydrogen (secondary N) is 2. The Hall–Kier alpha value is -4.05. The summed E-state index contributed by atoms with van der Waals surface area (Å²) in [6.07, 6.45) is 3.49. The molecule has 0 saturated carbocycles. The lowest BCUT2D eigenvalue weighted by Gasteiger charge is -1.99. The third kappa shape index (κ3) is 3.31. The molecule has 0 unspecified atom stereocenters. The van der Waals surface area contributed by atoms with E-state index in [2.05, 4.69) is 20.5 Å². The minimum absolute atomic E-state index is 0.147. The summed E-state index contributed by atoms with van der Waals surface area (Å²) >= 11 is 0. The van der Waals surface area contributed by atoms with Crippen LogP contribution in [0.2, 0.25) is 0 Å². The molecule has 2 aromatic heterocycles. The van der Waals surface area contributed by atoms with E-state index in [1.54, 1.807) is 13.3 Å². The molecular formula is C21H17N5O2. The van der Waals surface area contributed by atoms with Gasteiger partial charge >= 0.3 is 0 Å². The molecule has 0 amide bonds. The molecule has 0 atom stereocenters. The highest BCUT2D eigenvalue weighted by atomic mass is 16.5. The zero-order chi connectivity index (χ0) is 19.5. The number of H-pyrrole nitrogens is 1. The molecule has 4 aromatic rings. The van der Waals surface area contributed by atoms with Gasteiger partial charge in [0.25, 0.3) is 5.88 Å². The molecule has 2 heterocycles. The topological polar surface area (TPSA) is 99.2 Å². The van der Waals surface area contributed by atoms with Crippen molar-refractivity contribution in [2.45, 2.75) is 6.92 Å². The number of aromatic nitrogens is 2. The van der Waals surface area contributed by atoms with Crippen molar-refractivity contribution in [2.75, 3.05) is 12.5 Å². The van der Waals surface area contributed by atoms with Gasteiger partial charge in [-0.15, -0.1) is 0 Å². The highest BCUT2D eigenvalue weighted by molar-refractivity contribution is 5.99. The fraction of sp³-hybridized carbons (Fsp3) is 0.0952. The third-order valence-electron chi connectivity index (χ3n) is 4.32. The molecule has 28 heavy (non-hydrogen) atoms. The molecule has 138 valence electrons. The van der Waals surface area contributed by atoms with E-state index >= 15 is 0 Å². The first kappa shape index (κ1) is 17.4. The zero-order valence-electron chi connectivity index (χ0n) is 15.4. The van der Waals surface area contributed by atoms with E-state index in [9.17, 15) is 5.26 Å². The first-order valence-corrected chi connectivity index (χ1v) is 8.60. The number of aryl methyl sites for hydroxylation is 1. The number of benzene rings is 2. The van der Waals surface area contributed by atoms with E-state index in [1.807, 2.05) is 61.7 Å².